The van der Waals surface area contributed by atoms with Crippen LogP contribution >= 0.6 is 0 Å². The molecule has 0 radical (unpaired) electrons. The Morgan fingerprint density at radius 3 is 2.23 bits per heavy atom. The number of hydrogen-bond donors (Lipinski definition) is 0. The first-order valence-corrected chi connectivity index (χ1v) is 7.55. The molecule has 0 atom stereocenters. The molecule has 0 saturated carbocycles. The molecule has 0 unspecified atom stereocenters. The fraction of sp³-hybridized carbons (Fsp3) is 0.143. The van der Waals surface area contributed by atoms with Crippen molar-refractivity contribution in [3.8, 4) is 0 Å². The van der Waals surface area contributed by atoms with E-state index in [4.69, 9.17) is 0 Å². The fourth-order valence-corrected chi connectivity index (χ4v) is 2.45. The van der Waals surface area contributed by atoms with Gasteiger partial charge in [-0.3, -0.25) is 0 Å². The molecule has 2 aromatic carbocycles. The number of benzene rings is 2. The Bertz CT molecular complexity index is 693. The average Bonchev–Trinajstić information content (AvgIpc) is 2.57. The van der Waals surface area contributed by atoms with Gasteiger partial charge < -0.3 is 4.90 Å². The van der Waals surface area contributed by atoms with E-state index in [0.717, 1.165) is 11.4 Å². The Balaban J connectivity index is 2.52. The molecule has 0 aliphatic heterocycles. The Kier molecular flexibility index (Phi) is 5.37. The molecule has 0 heterocycles. The summed E-state index contributed by atoms with van der Waals surface area (Å²) in [4.78, 5) is 2.12. The van der Waals surface area contributed by atoms with Gasteiger partial charge in [0.2, 0.25) is 0 Å². The summed E-state index contributed by atoms with van der Waals surface area (Å²) in [5.74, 6) is 0. The van der Waals surface area contributed by atoms with Crippen LogP contribution in [-0.4, -0.2) is 0 Å². The van der Waals surface area contributed by atoms with Crippen molar-refractivity contribution in [2.75, 3.05) is 4.90 Å². The van der Waals surface area contributed by atoms with E-state index in [0.29, 0.717) is 0 Å². The summed E-state index contributed by atoms with van der Waals surface area (Å²) in [5, 5.41) is 0. The Hall–Kier alpha value is -2.54. The van der Waals surface area contributed by atoms with Gasteiger partial charge in [-0.25, -0.2) is 0 Å². The number of rotatable bonds is 5. The first-order chi connectivity index (χ1) is 10.7. The molecular weight excluding hydrogens is 266 g/mol. The van der Waals surface area contributed by atoms with E-state index in [2.05, 4.69) is 80.8 Å². The average molecular weight is 289 g/mol. The summed E-state index contributed by atoms with van der Waals surface area (Å²) < 4.78 is 0. The van der Waals surface area contributed by atoms with Crippen LogP contribution in [0.3, 0.4) is 0 Å². The van der Waals surface area contributed by atoms with Crippen LogP contribution in [0.2, 0.25) is 0 Å². The summed E-state index contributed by atoms with van der Waals surface area (Å²) >= 11 is 0. The molecule has 0 spiro atoms. The minimum Gasteiger partial charge on any atom is -0.317 e. The molecule has 0 N–H and O–H groups in total. The van der Waals surface area contributed by atoms with E-state index in [9.17, 15) is 0 Å². The van der Waals surface area contributed by atoms with Crippen molar-refractivity contribution in [1.82, 2.24) is 0 Å². The molecule has 0 aliphatic rings. The Labute approximate surface area is 133 Å². The zero-order chi connectivity index (χ0) is 15.9. The lowest BCUT2D eigenvalue weighted by Gasteiger charge is -2.23. The van der Waals surface area contributed by atoms with Gasteiger partial charge in [-0.15, -0.1) is 0 Å². The number of anilines is 2. The van der Waals surface area contributed by atoms with Gasteiger partial charge in [0.05, 0.1) is 5.69 Å². The zero-order valence-corrected chi connectivity index (χ0v) is 13.6. The van der Waals surface area contributed by atoms with E-state index < -0.39 is 0 Å². The van der Waals surface area contributed by atoms with Gasteiger partial charge in [-0.2, -0.15) is 0 Å². The van der Waals surface area contributed by atoms with Crippen molar-refractivity contribution < 1.29 is 0 Å². The molecular formula is C21H23N. The summed E-state index contributed by atoms with van der Waals surface area (Å²) in [6.07, 6.45) is 6.20. The topological polar surface area (TPSA) is 3.24 Å². The summed E-state index contributed by atoms with van der Waals surface area (Å²) in [6.45, 7) is 10.3. The highest BCUT2D eigenvalue weighted by Crippen LogP contribution is 2.32. The molecule has 0 aromatic heterocycles. The van der Waals surface area contributed by atoms with Crippen molar-refractivity contribution in [2.45, 2.75) is 20.8 Å². The zero-order valence-electron chi connectivity index (χ0n) is 13.6. The Morgan fingerprint density at radius 2 is 1.59 bits per heavy atom. The van der Waals surface area contributed by atoms with Gasteiger partial charge in [0, 0.05) is 17.5 Å². The smallest absolute Gasteiger partial charge is 0.0530 e. The van der Waals surface area contributed by atoms with Gasteiger partial charge >= 0.3 is 0 Å². The number of hydrogen-bond acceptors (Lipinski definition) is 1. The predicted molar refractivity (Wildman–Crippen MR) is 98.3 cm³/mol. The van der Waals surface area contributed by atoms with Crippen molar-refractivity contribution >= 4 is 16.9 Å². The highest BCUT2D eigenvalue weighted by Gasteiger charge is 2.11. The van der Waals surface area contributed by atoms with Crippen LogP contribution in [0.25, 0.3) is 5.57 Å². The van der Waals surface area contributed by atoms with Crippen LogP contribution < -0.4 is 4.90 Å². The highest BCUT2D eigenvalue weighted by atomic mass is 15.1. The molecule has 1 heteroatoms. The Morgan fingerprint density at radius 1 is 0.955 bits per heavy atom. The first kappa shape index (κ1) is 15.8. The van der Waals surface area contributed by atoms with Crippen LogP contribution in [-0.2, 0) is 0 Å². The maximum atomic E-state index is 3.99. The van der Waals surface area contributed by atoms with Gasteiger partial charge in [0.25, 0.3) is 0 Å². The molecule has 0 saturated heterocycles. The van der Waals surface area contributed by atoms with Crippen LogP contribution in [0, 0.1) is 0 Å². The molecule has 0 bridgehead atoms. The fourth-order valence-electron chi connectivity index (χ4n) is 2.45. The number of para-hydroxylation sites is 2. The minimum absolute atomic E-state index is 1.11. The van der Waals surface area contributed by atoms with Crippen molar-refractivity contribution in [3.05, 3.63) is 90.7 Å². The first-order valence-electron chi connectivity index (χ1n) is 7.55. The third-order valence-electron chi connectivity index (χ3n) is 3.70. The van der Waals surface area contributed by atoms with E-state index in [1.54, 1.807) is 0 Å². The lowest BCUT2D eigenvalue weighted by molar-refractivity contribution is 1.27. The molecule has 112 valence electrons. The summed E-state index contributed by atoms with van der Waals surface area (Å²) in [6, 6.07) is 18.7. The van der Waals surface area contributed by atoms with Gasteiger partial charge in [-0.1, -0.05) is 60.7 Å². The molecule has 0 fully saturated rings. The molecule has 2 rings (SSSR count). The molecule has 0 aliphatic carbocycles. The quantitative estimate of drug-likeness (QED) is 0.581. The van der Waals surface area contributed by atoms with Gasteiger partial charge in [0.1, 0.15) is 0 Å². The molecule has 22 heavy (non-hydrogen) atoms. The van der Waals surface area contributed by atoms with Crippen molar-refractivity contribution in [3.63, 3.8) is 0 Å². The molecule has 2 aromatic rings. The number of allylic oxidation sites excluding steroid dienone is 4. The second-order valence-corrected chi connectivity index (χ2v) is 5.27. The van der Waals surface area contributed by atoms with Crippen molar-refractivity contribution in [2.24, 2.45) is 0 Å². The normalized spacial score (nSPS) is 12.1. The van der Waals surface area contributed by atoms with E-state index in [-0.39, 0.29) is 0 Å². The number of nitrogens with zero attached hydrogens (tertiary/aromatic N) is 1. The monoisotopic (exact) mass is 289 g/mol. The van der Waals surface area contributed by atoms with Crippen LogP contribution in [0.5, 0.6) is 0 Å². The predicted octanol–water partition coefficient (Wildman–Crippen LogP) is 6.34. The summed E-state index contributed by atoms with van der Waals surface area (Å²) in [5.41, 5.74) is 5.97. The third kappa shape index (κ3) is 3.56. The van der Waals surface area contributed by atoms with Crippen LogP contribution in [0.15, 0.2) is 85.1 Å². The van der Waals surface area contributed by atoms with Crippen LogP contribution in [0.1, 0.15) is 26.3 Å². The lowest BCUT2D eigenvalue weighted by Crippen LogP contribution is -2.09. The summed E-state index contributed by atoms with van der Waals surface area (Å²) in [7, 11) is 0. The van der Waals surface area contributed by atoms with E-state index in [1.807, 2.05) is 24.4 Å². The maximum absolute atomic E-state index is 3.99. The van der Waals surface area contributed by atoms with E-state index in [1.165, 1.54) is 16.7 Å². The van der Waals surface area contributed by atoms with Crippen molar-refractivity contribution in [1.29, 1.82) is 0 Å². The lowest BCUT2D eigenvalue weighted by atomic mass is 10.0. The van der Waals surface area contributed by atoms with E-state index >= 15 is 0 Å². The molecule has 1 nitrogen and oxygen atoms in total. The van der Waals surface area contributed by atoms with Gasteiger partial charge in [0.15, 0.2) is 0 Å². The van der Waals surface area contributed by atoms with Gasteiger partial charge in [-0.05, 0) is 44.5 Å². The van der Waals surface area contributed by atoms with Crippen LogP contribution in [0.4, 0.5) is 11.4 Å². The second kappa shape index (κ2) is 7.46. The maximum Gasteiger partial charge on any atom is 0.0530 e. The largest absolute Gasteiger partial charge is 0.317 e. The minimum atomic E-state index is 1.11. The standard InChI is InChI=1S/C21H23N/c1-5-17(3)16-18(4)20-14-10-11-15-21(20)22(6-2)19-12-8-7-9-13-19/h5-16H,2H2,1,3-4H3/b17-5-,18-16+. The highest BCUT2D eigenvalue weighted by molar-refractivity contribution is 5.81. The molecule has 0 amide bonds. The third-order valence-corrected chi connectivity index (χ3v) is 3.70. The second-order valence-electron chi connectivity index (χ2n) is 5.27. The SMILES string of the molecule is C=CN(c1ccccc1)c1ccccc1/C(C)=C/C(C)=C\C.